The third-order valence-corrected chi connectivity index (χ3v) is 2.77. The van der Waals surface area contributed by atoms with Crippen LogP contribution in [0.3, 0.4) is 0 Å². The van der Waals surface area contributed by atoms with Crippen molar-refractivity contribution in [2.24, 2.45) is 7.05 Å². The highest BCUT2D eigenvalue weighted by molar-refractivity contribution is 6.33. The van der Waals surface area contributed by atoms with Crippen LogP contribution < -0.4 is 5.32 Å². The molecular formula is C11H10Cl2N4O. The van der Waals surface area contributed by atoms with E-state index < -0.39 is 0 Å². The third-order valence-electron chi connectivity index (χ3n) is 2.38. The maximum Gasteiger partial charge on any atom is 0.257 e. The SMILES string of the molecule is Cc1cc(NC(=O)c2cc(Cl)nc(Cl)c2)nn1C. The van der Waals surface area contributed by atoms with Gasteiger partial charge in [0, 0.05) is 24.4 Å². The van der Waals surface area contributed by atoms with E-state index in [1.54, 1.807) is 17.8 Å². The summed E-state index contributed by atoms with van der Waals surface area (Å²) in [6.45, 7) is 1.89. The smallest absolute Gasteiger partial charge is 0.257 e. The highest BCUT2D eigenvalue weighted by atomic mass is 35.5. The van der Waals surface area contributed by atoms with Gasteiger partial charge < -0.3 is 5.32 Å². The number of hydrogen-bond acceptors (Lipinski definition) is 3. The van der Waals surface area contributed by atoms with Crippen molar-refractivity contribution in [3.8, 4) is 0 Å². The van der Waals surface area contributed by atoms with Gasteiger partial charge in [0.2, 0.25) is 0 Å². The van der Waals surface area contributed by atoms with Gasteiger partial charge in [0.25, 0.3) is 5.91 Å². The monoisotopic (exact) mass is 284 g/mol. The summed E-state index contributed by atoms with van der Waals surface area (Å²) < 4.78 is 1.67. The normalized spacial score (nSPS) is 10.4. The number of aryl methyl sites for hydroxylation is 2. The minimum atomic E-state index is -0.334. The molecule has 1 N–H and O–H groups in total. The minimum absolute atomic E-state index is 0.171. The highest BCUT2D eigenvalue weighted by Crippen LogP contribution is 2.16. The van der Waals surface area contributed by atoms with Crippen LogP contribution in [0.1, 0.15) is 16.1 Å². The summed E-state index contributed by atoms with van der Waals surface area (Å²) in [4.78, 5) is 15.7. The van der Waals surface area contributed by atoms with E-state index in [2.05, 4.69) is 15.4 Å². The van der Waals surface area contributed by atoms with Crippen LogP contribution in [0.25, 0.3) is 0 Å². The zero-order chi connectivity index (χ0) is 13.3. The minimum Gasteiger partial charge on any atom is -0.305 e. The van der Waals surface area contributed by atoms with Crippen LogP contribution in [-0.2, 0) is 7.05 Å². The molecule has 2 heterocycles. The second-order valence-electron chi connectivity index (χ2n) is 3.75. The molecule has 2 aromatic heterocycles. The number of amides is 1. The van der Waals surface area contributed by atoms with E-state index in [0.29, 0.717) is 11.4 Å². The molecule has 5 nitrogen and oxygen atoms in total. The van der Waals surface area contributed by atoms with E-state index in [9.17, 15) is 4.79 Å². The zero-order valence-electron chi connectivity index (χ0n) is 9.74. The number of rotatable bonds is 2. The Bertz CT molecular complexity index is 569. The molecule has 94 valence electrons. The molecule has 0 aliphatic carbocycles. The topological polar surface area (TPSA) is 59.8 Å². The van der Waals surface area contributed by atoms with Crippen molar-refractivity contribution in [2.75, 3.05) is 5.32 Å². The third kappa shape index (κ3) is 2.80. The summed E-state index contributed by atoms with van der Waals surface area (Å²) in [5, 5.41) is 7.12. The molecule has 0 fully saturated rings. The first-order valence-electron chi connectivity index (χ1n) is 5.11. The molecule has 0 radical (unpaired) electrons. The van der Waals surface area contributed by atoms with E-state index >= 15 is 0 Å². The molecular weight excluding hydrogens is 275 g/mol. The van der Waals surface area contributed by atoms with Crippen LogP contribution >= 0.6 is 23.2 Å². The van der Waals surface area contributed by atoms with E-state index in [4.69, 9.17) is 23.2 Å². The molecule has 0 aliphatic heterocycles. The molecule has 0 atom stereocenters. The Morgan fingerprint density at radius 2 is 1.89 bits per heavy atom. The van der Waals surface area contributed by atoms with Crippen LogP contribution in [0.5, 0.6) is 0 Å². The Kier molecular flexibility index (Phi) is 3.54. The second kappa shape index (κ2) is 4.96. The van der Waals surface area contributed by atoms with Gasteiger partial charge >= 0.3 is 0 Å². The lowest BCUT2D eigenvalue weighted by Gasteiger charge is -2.02. The van der Waals surface area contributed by atoms with Gasteiger partial charge in [-0.1, -0.05) is 23.2 Å². The summed E-state index contributed by atoms with van der Waals surface area (Å²) in [5.41, 5.74) is 1.28. The molecule has 0 saturated heterocycles. The molecule has 0 spiro atoms. The van der Waals surface area contributed by atoms with E-state index in [1.165, 1.54) is 12.1 Å². The predicted octanol–water partition coefficient (Wildman–Crippen LogP) is 2.68. The summed E-state index contributed by atoms with van der Waals surface area (Å²) in [5.74, 6) is 0.142. The fraction of sp³-hybridized carbons (Fsp3) is 0.182. The molecule has 0 saturated carbocycles. The number of halogens is 2. The Labute approximate surface area is 114 Å². The lowest BCUT2D eigenvalue weighted by molar-refractivity contribution is 0.102. The Morgan fingerprint density at radius 1 is 1.28 bits per heavy atom. The van der Waals surface area contributed by atoms with E-state index in [1.807, 2.05) is 6.92 Å². The van der Waals surface area contributed by atoms with Gasteiger partial charge in [0.05, 0.1) is 0 Å². The number of carbonyl (C=O) groups excluding carboxylic acids is 1. The van der Waals surface area contributed by atoms with Crippen LogP contribution in [0, 0.1) is 6.92 Å². The number of pyridine rings is 1. The summed E-state index contributed by atoms with van der Waals surface area (Å²) >= 11 is 11.5. The molecule has 0 aromatic carbocycles. The Balaban J connectivity index is 2.21. The first-order chi connectivity index (χ1) is 8.45. The lowest BCUT2D eigenvalue weighted by atomic mass is 10.2. The van der Waals surface area contributed by atoms with Crippen LogP contribution in [0.15, 0.2) is 18.2 Å². The van der Waals surface area contributed by atoms with E-state index in [-0.39, 0.29) is 16.2 Å². The summed E-state index contributed by atoms with van der Waals surface area (Å²) in [7, 11) is 1.80. The van der Waals surface area contributed by atoms with Crippen LogP contribution in [0.2, 0.25) is 10.3 Å². The first kappa shape index (κ1) is 12.9. The maximum atomic E-state index is 11.9. The Hall–Kier alpha value is -1.59. The van der Waals surface area contributed by atoms with Crippen LogP contribution in [0.4, 0.5) is 5.82 Å². The fourth-order valence-electron chi connectivity index (χ4n) is 1.41. The Morgan fingerprint density at radius 3 is 2.39 bits per heavy atom. The predicted molar refractivity (Wildman–Crippen MR) is 70.2 cm³/mol. The van der Waals surface area contributed by atoms with Gasteiger partial charge in [-0.3, -0.25) is 9.48 Å². The average molecular weight is 285 g/mol. The van der Waals surface area contributed by atoms with Crippen molar-refractivity contribution in [1.82, 2.24) is 14.8 Å². The number of aromatic nitrogens is 3. The van der Waals surface area contributed by atoms with Gasteiger partial charge in [0.1, 0.15) is 10.3 Å². The molecule has 2 aromatic rings. The van der Waals surface area contributed by atoms with Gasteiger partial charge in [-0.15, -0.1) is 0 Å². The fourth-order valence-corrected chi connectivity index (χ4v) is 1.87. The highest BCUT2D eigenvalue weighted by Gasteiger charge is 2.11. The quantitative estimate of drug-likeness (QED) is 0.863. The van der Waals surface area contributed by atoms with Crippen LogP contribution in [-0.4, -0.2) is 20.7 Å². The largest absolute Gasteiger partial charge is 0.305 e. The number of anilines is 1. The summed E-state index contributed by atoms with van der Waals surface area (Å²) in [6.07, 6.45) is 0. The van der Waals surface area contributed by atoms with Gasteiger partial charge in [-0.2, -0.15) is 5.10 Å². The second-order valence-corrected chi connectivity index (χ2v) is 4.52. The molecule has 0 bridgehead atoms. The average Bonchev–Trinajstić information content (AvgIpc) is 2.56. The zero-order valence-corrected chi connectivity index (χ0v) is 11.2. The number of carbonyl (C=O) groups is 1. The number of nitrogens with zero attached hydrogens (tertiary/aromatic N) is 3. The molecule has 18 heavy (non-hydrogen) atoms. The number of hydrogen-bond donors (Lipinski definition) is 1. The lowest BCUT2D eigenvalue weighted by Crippen LogP contribution is -2.12. The van der Waals surface area contributed by atoms with Crippen molar-refractivity contribution < 1.29 is 4.79 Å². The standard InChI is InChI=1S/C11H10Cl2N4O/c1-6-3-10(16-17(6)2)15-11(18)7-4-8(12)14-9(13)5-7/h3-5H,1-2H3,(H,15,16,18). The van der Waals surface area contributed by atoms with Crippen molar-refractivity contribution in [3.63, 3.8) is 0 Å². The van der Waals surface area contributed by atoms with Gasteiger partial charge in [0.15, 0.2) is 5.82 Å². The van der Waals surface area contributed by atoms with Gasteiger partial charge in [-0.25, -0.2) is 4.98 Å². The summed E-state index contributed by atoms with van der Waals surface area (Å²) in [6, 6.07) is 4.65. The van der Waals surface area contributed by atoms with E-state index in [0.717, 1.165) is 5.69 Å². The number of nitrogens with one attached hydrogen (secondary N) is 1. The molecule has 2 rings (SSSR count). The molecule has 1 amide bonds. The van der Waals surface area contributed by atoms with Crippen molar-refractivity contribution in [1.29, 1.82) is 0 Å². The molecule has 0 aliphatic rings. The van der Waals surface area contributed by atoms with Gasteiger partial charge in [-0.05, 0) is 19.1 Å². The van der Waals surface area contributed by atoms with Crippen molar-refractivity contribution >= 4 is 34.9 Å². The molecule has 7 heteroatoms. The first-order valence-corrected chi connectivity index (χ1v) is 5.86. The van der Waals surface area contributed by atoms with Crippen molar-refractivity contribution in [3.05, 3.63) is 39.8 Å². The maximum absolute atomic E-state index is 11.9. The molecule has 0 unspecified atom stereocenters. The van der Waals surface area contributed by atoms with Crippen molar-refractivity contribution in [2.45, 2.75) is 6.92 Å².